The molecule has 0 bridgehead atoms. The first-order valence-corrected chi connectivity index (χ1v) is 10.1. The summed E-state index contributed by atoms with van der Waals surface area (Å²) < 4.78 is 5.50. The number of hydrazine groups is 1. The van der Waals surface area contributed by atoms with Crippen molar-refractivity contribution in [1.29, 1.82) is 0 Å². The maximum atomic E-state index is 12.0. The molecule has 0 aliphatic heterocycles. The van der Waals surface area contributed by atoms with Gasteiger partial charge in [-0.1, -0.05) is 12.1 Å². The van der Waals surface area contributed by atoms with Crippen molar-refractivity contribution in [1.82, 2.24) is 15.8 Å². The van der Waals surface area contributed by atoms with Gasteiger partial charge in [0, 0.05) is 16.3 Å². The fraction of sp³-hybridized carbons (Fsp3) is 0.211. The molecule has 8 heteroatoms. The van der Waals surface area contributed by atoms with Crippen LogP contribution in [0.1, 0.15) is 16.8 Å². The number of aromatic nitrogens is 1. The van der Waals surface area contributed by atoms with Crippen LogP contribution in [0.2, 0.25) is 0 Å². The second kappa shape index (κ2) is 8.79. The number of hydrogen-bond donors (Lipinski definition) is 2. The first-order valence-electron chi connectivity index (χ1n) is 8.26. The fourth-order valence-corrected chi connectivity index (χ4v) is 3.83. The number of benzene rings is 1. The molecule has 1 aromatic carbocycles. The van der Waals surface area contributed by atoms with Gasteiger partial charge in [0.05, 0.1) is 12.1 Å². The summed E-state index contributed by atoms with van der Waals surface area (Å²) in [6.07, 6.45) is 0.0960. The number of nitrogens with zero attached hydrogens (tertiary/aromatic N) is 1. The Hall–Kier alpha value is -2.71. The lowest BCUT2D eigenvalue weighted by Gasteiger charge is -2.10. The molecule has 0 fully saturated rings. The number of nitrogens with one attached hydrogen (secondary N) is 2. The Kier molecular flexibility index (Phi) is 6.20. The molecule has 3 aromatic rings. The average Bonchev–Trinajstić information content (AvgIpc) is 3.32. The number of thiazole rings is 1. The summed E-state index contributed by atoms with van der Waals surface area (Å²) in [6.45, 7) is 3.69. The smallest absolute Gasteiger partial charge is 0.276 e. The van der Waals surface area contributed by atoms with Crippen LogP contribution in [0.4, 0.5) is 0 Å². The Bertz CT molecular complexity index is 936. The molecule has 2 N–H and O–H groups in total. The topological polar surface area (TPSA) is 80.3 Å². The maximum Gasteiger partial charge on any atom is 0.276 e. The zero-order chi connectivity index (χ0) is 19.2. The van der Waals surface area contributed by atoms with Crippen LogP contribution in [0, 0.1) is 13.8 Å². The van der Waals surface area contributed by atoms with E-state index >= 15 is 0 Å². The minimum Gasteiger partial charge on any atom is -0.483 e. The fourth-order valence-electron chi connectivity index (χ4n) is 2.30. The quantitative estimate of drug-likeness (QED) is 0.622. The Balaban J connectivity index is 1.43. The molecule has 0 radical (unpaired) electrons. The normalized spacial score (nSPS) is 10.4. The highest BCUT2D eigenvalue weighted by Gasteiger charge is 2.11. The molecule has 0 unspecified atom stereocenters. The lowest BCUT2D eigenvalue weighted by Crippen LogP contribution is -2.44. The van der Waals surface area contributed by atoms with Gasteiger partial charge < -0.3 is 4.74 Å². The Morgan fingerprint density at radius 1 is 1.11 bits per heavy atom. The van der Waals surface area contributed by atoms with Crippen LogP contribution in [0.15, 0.2) is 40.4 Å². The molecule has 0 spiro atoms. The standard InChI is InChI=1S/C19H19N3O3S2/c1-12-3-4-13(2)16(7-12)25-9-18(24)22-21-17(23)8-15-11-27-19(20-15)14-5-6-26-10-14/h3-7,10-11H,8-9H2,1-2H3,(H,21,23)(H,22,24). The average molecular weight is 402 g/mol. The zero-order valence-electron chi connectivity index (χ0n) is 14.9. The third kappa shape index (κ3) is 5.38. The van der Waals surface area contributed by atoms with E-state index in [1.54, 1.807) is 11.3 Å². The lowest BCUT2D eigenvalue weighted by molar-refractivity contribution is -0.129. The van der Waals surface area contributed by atoms with E-state index in [4.69, 9.17) is 4.74 Å². The van der Waals surface area contributed by atoms with Crippen LogP contribution in [0.25, 0.3) is 10.6 Å². The van der Waals surface area contributed by atoms with Gasteiger partial charge in [0.25, 0.3) is 5.91 Å². The second-order valence-corrected chi connectivity index (χ2v) is 7.62. The SMILES string of the molecule is Cc1ccc(C)c(OCC(=O)NNC(=O)Cc2csc(-c3ccsc3)n2)c1. The zero-order valence-corrected chi connectivity index (χ0v) is 16.6. The number of amides is 2. The van der Waals surface area contributed by atoms with Crippen LogP contribution in [0.5, 0.6) is 5.75 Å². The highest BCUT2D eigenvalue weighted by Crippen LogP contribution is 2.25. The van der Waals surface area contributed by atoms with Crippen molar-refractivity contribution in [3.8, 4) is 16.3 Å². The summed E-state index contributed by atoms with van der Waals surface area (Å²) in [7, 11) is 0. The van der Waals surface area contributed by atoms with Crippen LogP contribution in [-0.2, 0) is 16.0 Å². The first kappa shape index (κ1) is 19.1. The third-order valence-electron chi connectivity index (χ3n) is 3.71. The van der Waals surface area contributed by atoms with Crippen LogP contribution in [0.3, 0.4) is 0 Å². The molecule has 27 heavy (non-hydrogen) atoms. The van der Waals surface area contributed by atoms with Gasteiger partial charge in [-0.15, -0.1) is 11.3 Å². The number of thiophene rings is 1. The molecule has 0 atom stereocenters. The summed E-state index contributed by atoms with van der Waals surface area (Å²) in [5.74, 6) is -0.112. The van der Waals surface area contributed by atoms with Gasteiger partial charge in [-0.2, -0.15) is 11.3 Å². The molecule has 3 rings (SSSR count). The van der Waals surface area contributed by atoms with Crippen molar-refractivity contribution < 1.29 is 14.3 Å². The first-order chi connectivity index (χ1) is 13.0. The van der Waals surface area contributed by atoms with Gasteiger partial charge in [-0.3, -0.25) is 20.4 Å². The molecular weight excluding hydrogens is 382 g/mol. The number of aryl methyl sites for hydroxylation is 2. The Labute approximate surface area is 165 Å². The van der Waals surface area contributed by atoms with Gasteiger partial charge in [-0.05, 0) is 42.5 Å². The highest BCUT2D eigenvalue weighted by molar-refractivity contribution is 7.14. The van der Waals surface area contributed by atoms with Crippen molar-refractivity contribution in [2.24, 2.45) is 0 Å². The van der Waals surface area contributed by atoms with E-state index in [1.165, 1.54) is 11.3 Å². The molecule has 2 amide bonds. The van der Waals surface area contributed by atoms with E-state index in [9.17, 15) is 9.59 Å². The minimum absolute atomic E-state index is 0.0960. The van der Waals surface area contributed by atoms with E-state index < -0.39 is 5.91 Å². The molecular formula is C19H19N3O3S2. The molecule has 0 saturated carbocycles. The predicted molar refractivity (Wildman–Crippen MR) is 107 cm³/mol. The summed E-state index contributed by atoms with van der Waals surface area (Å²) >= 11 is 3.09. The number of carbonyl (C=O) groups is 2. The largest absolute Gasteiger partial charge is 0.483 e. The van der Waals surface area contributed by atoms with Crippen molar-refractivity contribution >= 4 is 34.5 Å². The molecule has 2 heterocycles. The molecule has 140 valence electrons. The van der Waals surface area contributed by atoms with Gasteiger partial charge in [0.15, 0.2) is 6.61 Å². The van der Waals surface area contributed by atoms with Gasteiger partial charge in [-0.25, -0.2) is 4.98 Å². The van der Waals surface area contributed by atoms with Gasteiger partial charge in [0.1, 0.15) is 10.8 Å². The van der Waals surface area contributed by atoms with Gasteiger partial charge >= 0.3 is 0 Å². The molecule has 0 saturated heterocycles. The Morgan fingerprint density at radius 3 is 2.70 bits per heavy atom. The highest BCUT2D eigenvalue weighted by atomic mass is 32.1. The van der Waals surface area contributed by atoms with Gasteiger partial charge in [0.2, 0.25) is 5.91 Å². The number of rotatable bonds is 6. The summed E-state index contributed by atoms with van der Waals surface area (Å²) in [6, 6.07) is 7.77. The lowest BCUT2D eigenvalue weighted by atomic mass is 10.1. The molecule has 6 nitrogen and oxygen atoms in total. The number of ether oxygens (including phenoxy) is 1. The van der Waals surface area contributed by atoms with Crippen molar-refractivity contribution in [2.45, 2.75) is 20.3 Å². The predicted octanol–water partition coefficient (Wildman–Crippen LogP) is 3.26. The number of carbonyl (C=O) groups excluding carboxylic acids is 2. The minimum atomic E-state index is -0.429. The monoisotopic (exact) mass is 401 g/mol. The molecule has 0 aliphatic carbocycles. The number of hydrogen-bond acceptors (Lipinski definition) is 6. The van der Waals surface area contributed by atoms with Crippen molar-refractivity contribution in [3.05, 3.63) is 57.2 Å². The van der Waals surface area contributed by atoms with Crippen molar-refractivity contribution in [3.63, 3.8) is 0 Å². The third-order valence-corrected chi connectivity index (χ3v) is 5.33. The van der Waals surface area contributed by atoms with E-state index in [0.29, 0.717) is 11.4 Å². The summed E-state index contributed by atoms with van der Waals surface area (Å²) in [5.41, 5.74) is 8.45. The van der Waals surface area contributed by atoms with E-state index in [1.807, 2.05) is 54.3 Å². The molecule has 2 aromatic heterocycles. The Morgan fingerprint density at radius 2 is 1.93 bits per heavy atom. The van der Waals surface area contributed by atoms with Crippen LogP contribution in [-0.4, -0.2) is 23.4 Å². The van der Waals surface area contributed by atoms with E-state index in [-0.39, 0.29) is 18.9 Å². The van der Waals surface area contributed by atoms with Crippen LogP contribution < -0.4 is 15.6 Å². The second-order valence-electron chi connectivity index (χ2n) is 5.99. The van der Waals surface area contributed by atoms with E-state index in [2.05, 4.69) is 15.8 Å². The summed E-state index contributed by atoms with van der Waals surface area (Å²) in [5, 5.41) is 6.72. The van der Waals surface area contributed by atoms with Crippen molar-refractivity contribution in [2.75, 3.05) is 6.61 Å². The summed E-state index contributed by atoms with van der Waals surface area (Å²) in [4.78, 5) is 28.3. The van der Waals surface area contributed by atoms with E-state index in [0.717, 1.165) is 21.7 Å². The maximum absolute atomic E-state index is 12.0. The molecule has 0 aliphatic rings. The van der Waals surface area contributed by atoms with Crippen LogP contribution >= 0.6 is 22.7 Å².